The van der Waals surface area contributed by atoms with E-state index in [0.29, 0.717) is 26.2 Å². The number of hydrazine groups is 1. The summed E-state index contributed by atoms with van der Waals surface area (Å²) in [6, 6.07) is 10.1. The Morgan fingerprint density at radius 1 is 1.00 bits per heavy atom. The third-order valence-electron chi connectivity index (χ3n) is 5.75. The molecule has 0 aliphatic carbocycles. The lowest BCUT2D eigenvalue weighted by molar-refractivity contribution is -0.134. The molecule has 4 rings (SSSR count). The third-order valence-corrected chi connectivity index (χ3v) is 6.60. The van der Waals surface area contributed by atoms with Crippen LogP contribution in [-0.2, 0) is 4.79 Å². The molecule has 2 saturated heterocycles. The summed E-state index contributed by atoms with van der Waals surface area (Å²) in [5.74, 6) is 0.180. The van der Waals surface area contributed by atoms with Crippen LogP contribution in [0, 0.1) is 13.8 Å². The van der Waals surface area contributed by atoms with Gasteiger partial charge in [-0.15, -0.1) is 11.3 Å². The molecule has 3 heterocycles. The molecule has 6 nitrogen and oxygen atoms in total. The van der Waals surface area contributed by atoms with Crippen molar-refractivity contribution in [3.63, 3.8) is 0 Å². The molecular weight excluding hydrogens is 372 g/mol. The third kappa shape index (κ3) is 3.83. The number of hydrogen-bond acceptors (Lipinski definition) is 5. The van der Waals surface area contributed by atoms with Crippen LogP contribution in [-0.4, -0.2) is 53.8 Å². The Kier molecular flexibility index (Phi) is 5.48. The van der Waals surface area contributed by atoms with E-state index in [1.807, 2.05) is 27.3 Å². The zero-order valence-corrected chi connectivity index (χ0v) is 17.1. The van der Waals surface area contributed by atoms with E-state index in [9.17, 15) is 9.59 Å². The van der Waals surface area contributed by atoms with Gasteiger partial charge in [-0.25, -0.2) is 10.9 Å². The first-order valence-corrected chi connectivity index (χ1v) is 10.6. The quantitative estimate of drug-likeness (QED) is 0.833. The van der Waals surface area contributed by atoms with E-state index in [2.05, 4.69) is 42.9 Å². The Bertz CT molecular complexity index is 859. The Labute approximate surface area is 169 Å². The molecule has 2 N–H and O–H groups in total. The number of nitrogens with one attached hydrogen (secondary N) is 2. The van der Waals surface area contributed by atoms with Crippen molar-refractivity contribution in [2.24, 2.45) is 0 Å². The van der Waals surface area contributed by atoms with E-state index < -0.39 is 0 Å². The van der Waals surface area contributed by atoms with Gasteiger partial charge in [-0.3, -0.25) is 9.59 Å². The molecule has 0 bridgehead atoms. The van der Waals surface area contributed by atoms with Crippen LogP contribution in [0.15, 0.2) is 35.7 Å². The average Bonchev–Trinajstić information content (AvgIpc) is 3.41. The molecule has 1 aromatic carbocycles. The van der Waals surface area contributed by atoms with Crippen molar-refractivity contribution in [3.8, 4) is 0 Å². The van der Waals surface area contributed by atoms with Gasteiger partial charge in [-0.2, -0.15) is 0 Å². The van der Waals surface area contributed by atoms with Gasteiger partial charge in [-0.1, -0.05) is 24.3 Å². The minimum atomic E-state index is -0.230. The summed E-state index contributed by atoms with van der Waals surface area (Å²) in [6.07, 6.45) is 0.732. The van der Waals surface area contributed by atoms with E-state index in [1.54, 1.807) is 0 Å². The van der Waals surface area contributed by atoms with E-state index >= 15 is 0 Å². The van der Waals surface area contributed by atoms with Gasteiger partial charge in [0, 0.05) is 32.2 Å². The maximum absolute atomic E-state index is 12.9. The van der Waals surface area contributed by atoms with Crippen LogP contribution in [0.25, 0.3) is 0 Å². The first kappa shape index (κ1) is 19.1. The number of thiophene rings is 1. The number of amides is 2. The summed E-state index contributed by atoms with van der Waals surface area (Å²) < 4.78 is 0. The van der Waals surface area contributed by atoms with Gasteiger partial charge >= 0.3 is 0 Å². The molecule has 28 heavy (non-hydrogen) atoms. The summed E-state index contributed by atoms with van der Waals surface area (Å²) in [5, 5.41) is 1.91. The predicted molar refractivity (Wildman–Crippen MR) is 110 cm³/mol. The Morgan fingerprint density at radius 3 is 2.43 bits per heavy atom. The molecule has 2 aliphatic rings. The van der Waals surface area contributed by atoms with Crippen LogP contribution in [0.3, 0.4) is 0 Å². The van der Waals surface area contributed by atoms with Crippen molar-refractivity contribution in [2.45, 2.75) is 32.4 Å². The molecule has 2 unspecified atom stereocenters. The van der Waals surface area contributed by atoms with Gasteiger partial charge in [0.15, 0.2) is 0 Å². The Morgan fingerprint density at radius 2 is 1.75 bits per heavy atom. The van der Waals surface area contributed by atoms with Crippen molar-refractivity contribution in [2.75, 3.05) is 26.2 Å². The van der Waals surface area contributed by atoms with Crippen molar-refractivity contribution >= 4 is 23.2 Å². The first-order chi connectivity index (χ1) is 13.5. The standard InChI is InChI=1S/C21H26N4O2S/c1-14-5-6-16(12-15(14)2)17-13-18(23-22-17)20(26)24-7-9-25(10-8-24)21(27)19-4-3-11-28-19/h3-6,11-12,17-18,22-23H,7-10,13H2,1-2H3. The molecule has 148 valence electrons. The molecule has 2 amide bonds. The van der Waals surface area contributed by atoms with E-state index in [4.69, 9.17) is 0 Å². The summed E-state index contributed by atoms with van der Waals surface area (Å²) in [5.41, 5.74) is 10.2. The molecule has 0 spiro atoms. The fraction of sp³-hybridized carbons (Fsp3) is 0.429. The van der Waals surface area contributed by atoms with Crippen LogP contribution < -0.4 is 10.9 Å². The van der Waals surface area contributed by atoms with Crippen molar-refractivity contribution in [3.05, 3.63) is 57.3 Å². The number of piperazine rings is 1. The fourth-order valence-electron chi connectivity index (χ4n) is 3.82. The van der Waals surface area contributed by atoms with Crippen LogP contribution in [0.5, 0.6) is 0 Å². The molecule has 2 fully saturated rings. The fourth-order valence-corrected chi connectivity index (χ4v) is 4.52. The molecular formula is C21H26N4O2S. The van der Waals surface area contributed by atoms with Crippen molar-refractivity contribution < 1.29 is 9.59 Å². The van der Waals surface area contributed by atoms with Crippen LogP contribution >= 0.6 is 11.3 Å². The van der Waals surface area contributed by atoms with Crippen LogP contribution in [0.2, 0.25) is 0 Å². The lowest BCUT2D eigenvalue weighted by Crippen LogP contribution is -2.54. The molecule has 2 aliphatic heterocycles. The minimum absolute atomic E-state index is 0.0672. The molecule has 0 saturated carbocycles. The summed E-state index contributed by atoms with van der Waals surface area (Å²) in [7, 11) is 0. The monoisotopic (exact) mass is 398 g/mol. The Balaban J connectivity index is 1.32. The highest BCUT2D eigenvalue weighted by atomic mass is 32.1. The van der Waals surface area contributed by atoms with Gasteiger partial charge in [0.25, 0.3) is 5.91 Å². The zero-order valence-electron chi connectivity index (χ0n) is 16.3. The molecule has 1 aromatic heterocycles. The summed E-state index contributed by atoms with van der Waals surface area (Å²) in [4.78, 5) is 29.9. The summed E-state index contributed by atoms with van der Waals surface area (Å²) in [6.45, 7) is 6.56. The van der Waals surface area contributed by atoms with Crippen LogP contribution in [0.1, 0.15) is 38.8 Å². The number of hydrogen-bond donors (Lipinski definition) is 2. The first-order valence-electron chi connectivity index (χ1n) is 9.72. The Hall–Kier alpha value is -2.22. The lowest BCUT2D eigenvalue weighted by Gasteiger charge is -2.35. The predicted octanol–water partition coefficient (Wildman–Crippen LogP) is 2.26. The second kappa shape index (κ2) is 8.03. The number of carbonyl (C=O) groups is 2. The second-order valence-electron chi connectivity index (χ2n) is 7.57. The number of nitrogens with zero attached hydrogens (tertiary/aromatic N) is 2. The molecule has 2 aromatic rings. The minimum Gasteiger partial charge on any atom is -0.338 e. The van der Waals surface area contributed by atoms with Gasteiger partial charge in [0.05, 0.1) is 4.88 Å². The normalized spacial score (nSPS) is 22.5. The molecule has 7 heteroatoms. The number of aryl methyl sites for hydroxylation is 2. The summed E-state index contributed by atoms with van der Waals surface area (Å²) >= 11 is 1.46. The smallest absolute Gasteiger partial charge is 0.264 e. The zero-order chi connectivity index (χ0) is 19.7. The van der Waals surface area contributed by atoms with Gasteiger partial charge < -0.3 is 9.80 Å². The maximum atomic E-state index is 12.9. The highest BCUT2D eigenvalue weighted by Crippen LogP contribution is 2.25. The highest BCUT2D eigenvalue weighted by molar-refractivity contribution is 7.12. The van der Waals surface area contributed by atoms with E-state index in [-0.39, 0.29) is 23.9 Å². The maximum Gasteiger partial charge on any atom is 0.264 e. The van der Waals surface area contributed by atoms with E-state index in [0.717, 1.165) is 11.3 Å². The number of benzene rings is 1. The lowest BCUT2D eigenvalue weighted by atomic mass is 9.98. The second-order valence-corrected chi connectivity index (χ2v) is 8.52. The van der Waals surface area contributed by atoms with E-state index in [1.165, 1.54) is 28.0 Å². The SMILES string of the molecule is Cc1ccc(C2CC(C(=O)N3CCN(C(=O)c4cccs4)CC3)NN2)cc1C. The number of rotatable bonds is 3. The van der Waals surface area contributed by atoms with Crippen LogP contribution in [0.4, 0.5) is 0 Å². The average molecular weight is 399 g/mol. The van der Waals surface area contributed by atoms with Gasteiger partial charge in [-0.05, 0) is 48.4 Å². The number of carbonyl (C=O) groups excluding carboxylic acids is 2. The molecule has 0 radical (unpaired) electrons. The van der Waals surface area contributed by atoms with Crippen molar-refractivity contribution in [1.82, 2.24) is 20.7 Å². The largest absolute Gasteiger partial charge is 0.338 e. The highest BCUT2D eigenvalue weighted by Gasteiger charge is 2.34. The van der Waals surface area contributed by atoms with Gasteiger partial charge in [0.2, 0.25) is 5.91 Å². The molecule has 2 atom stereocenters. The topological polar surface area (TPSA) is 64.7 Å². The van der Waals surface area contributed by atoms with Gasteiger partial charge in [0.1, 0.15) is 6.04 Å². The van der Waals surface area contributed by atoms with Crippen molar-refractivity contribution in [1.29, 1.82) is 0 Å².